The first-order valence-corrected chi connectivity index (χ1v) is 31.8. The van der Waals surface area contributed by atoms with Gasteiger partial charge in [-0.05, 0) is 70.6 Å². The van der Waals surface area contributed by atoms with Crippen LogP contribution in [0.4, 0.5) is 0 Å². The third-order valence-electron chi connectivity index (χ3n) is 14.7. The van der Waals surface area contributed by atoms with Crippen molar-refractivity contribution in [1.82, 2.24) is 5.32 Å². The molecule has 0 aliphatic carbocycles. The van der Waals surface area contributed by atoms with Crippen LogP contribution in [-0.4, -0.2) is 47.4 Å². The topological polar surface area (TPSA) is 95.9 Å². The standard InChI is InChI=1S/C65H123NO5/c1-3-5-7-9-11-13-15-17-19-21-23-25-29-33-37-41-45-49-53-57-63(68)62(61-67)66-64(69)58-54-50-46-42-38-34-30-26-24-28-32-36-40-44-48-52-56-60-71-65(70)59-55-51-47-43-39-35-31-27-22-20-18-16-14-12-10-8-6-4-2/h24,28,36,40,53,57,62-63,67-68H,3-23,25-27,29-35,37-39,41-52,54-56,58-61H2,1-2H3,(H,66,69)/b28-24-,40-36-,57-53+. The molecule has 0 saturated heterocycles. The molecule has 0 aromatic carbocycles. The molecule has 1 amide bonds. The average Bonchev–Trinajstić information content (AvgIpc) is 3.37. The number of allylic oxidation sites excluding steroid dienone is 5. The summed E-state index contributed by atoms with van der Waals surface area (Å²) in [5.74, 6) is -0.0935. The van der Waals surface area contributed by atoms with Crippen molar-refractivity contribution < 1.29 is 24.5 Å². The molecule has 0 rings (SSSR count). The third-order valence-corrected chi connectivity index (χ3v) is 14.7. The molecule has 2 unspecified atom stereocenters. The molecule has 2 atom stereocenters. The fourth-order valence-corrected chi connectivity index (χ4v) is 9.78. The number of aliphatic hydroxyl groups excluding tert-OH is 2. The Balaban J connectivity index is 3.50. The predicted molar refractivity (Wildman–Crippen MR) is 310 cm³/mol. The molecular formula is C65H123NO5. The van der Waals surface area contributed by atoms with Gasteiger partial charge >= 0.3 is 5.97 Å². The Morgan fingerprint density at radius 3 is 1.07 bits per heavy atom. The van der Waals surface area contributed by atoms with Gasteiger partial charge < -0.3 is 20.3 Å². The number of hydrogen-bond donors (Lipinski definition) is 3. The predicted octanol–water partition coefficient (Wildman–Crippen LogP) is 20.0. The van der Waals surface area contributed by atoms with Gasteiger partial charge in [-0.25, -0.2) is 0 Å². The van der Waals surface area contributed by atoms with E-state index in [2.05, 4.69) is 43.5 Å². The van der Waals surface area contributed by atoms with E-state index in [1.54, 1.807) is 6.08 Å². The SMILES string of the molecule is CCCCCCCCCCCCCCCCCCC/C=C/C(O)C(CO)NC(=O)CCCCCCCCC/C=C\C/C=C\CCCCCOC(=O)CCCCCCCCCCCCCCCCCCCC. The maximum absolute atomic E-state index is 12.5. The normalized spacial score (nSPS) is 12.8. The smallest absolute Gasteiger partial charge is 0.305 e. The molecule has 0 bridgehead atoms. The van der Waals surface area contributed by atoms with Crippen LogP contribution in [0.25, 0.3) is 0 Å². The molecule has 0 aromatic heterocycles. The van der Waals surface area contributed by atoms with Crippen molar-refractivity contribution in [3.05, 3.63) is 36.5 Å². The van der Waals surface area contributed by atoms with Crippen LogP contribution in [0, 0.1) is 0 Å². The summed E-state index contributed by atoms with van der Waals surface area (Å²) < 4.78 is 5.47. The van der Waals surface area contributed by atoms with Gasteiger partial charge in [-0.1, -0.05) is 294 Å². The van der Waals surface area contributed by atoms with Gasteiger partial charge in [-0.2, -0.15) is 0 Å². The van der Waals surface area contributed by atoms with Gasteiger partial charge in [0.2, 0.25) is 5.91 Å². The maximum Gasteiger partial charge on any atom is 0.305 e. The lowest BCUT2D eigenvalue weighted by molar-refractivity contribution is -0.143. The quantitative estimate of drug-likeness (QED) is 0.0321. The van der Waals surface area contributed by atoms with Crippen molar-refractivity contribution in [2.45, 2.75) is 353 Å². The fourth-order valence-electron chi connectivity index (χ4n) is 9.78. The van der Waals surface area contributed by atoms with Crippen molar-refractivity contribution >= 4 is 11.9 Å². The molecule has 418 valence electrons. The number of unbranched alkanes of at least 4 members (excludes halogenated alkanes) is 44. The highest BCUT2D eigenvalue weighted by Gasteiger charge is 2.18. The highest BCUT2D eigenvalue weighted by molar-refractivity contribution is 5.76. The first-order valence-electron chi connectivity index (χ1n) is 31.8. The summed E-state index contributed by atoms with van der Waals surface area (Å²) in [6, 6.07) is -0.641. The van der Waals surface area contributed by atoms with Crippen molar-refractivity contribution in [3.8, 4) is 0 Å². The van der Waals surface area contributed by atoms with E-state index in [1.807, 2.05) is 6.08 Å². The van der Waals surface area contributed by atoms with Crippen molar-refractivity contribution in [3.63, 3.8) is 0 Å². The Bertz CT molecular complexity index is 1150. The number of hydrogen-bond acceptors (Lipinski definition) is 5. The van der Waals surface area contributed by atoms with E-state index in [0.29, 0.717) is 19.4 Å². The minimum absolute atomic E-state index is 0.0117. The summed E-state index contributed by atoms with van der Waals surface area (Å²) in [4.78, 5) is 24.6. The van der Waals surface area contributed by atoms with Crippen LogP contribution in [-0.2, 0) is 14.3 Å². The summed E-state index contributed by atoms with van der Waals surface area (Å²) in [6.45, 7) is 4.89. The second-order valence-electron chi connectivity index (χ2n) is 21.7. The molecule has 0 aliphatic heterocycles. The minimum Gasteiger partial charge on any atom is -0.466 e. The van der Waals surface area contributed by atoms with E-state index in [-0.39, 0.29) is 18.5 Å². The Kier molecular flexibility index (Phi) is 59.0. The molecule has 71 heavy (non-hydrogen) atoms. The van der Waals surface area contributed by atoms with Gasteiger partial charge in [0.15, 0.2) is 0 Å². The van der Waals surface area contributed by atoms with Gasteiger partial charge in [0, 0.05) is 12.8 Å². The number of rotatable bonds is 59. The molecule has 3 N–H and O–H groups in total. The summed E-state index contributed by atoms with van der Waals surface area (Å²) in [5, 5.41) is 23.2. The van der Waals surface area contributed by atoms with E-state index >= 15 is 0 Å². The highest BCUT2D eigenvalue weighted by atomic mass is 16.5. The molecule has 0 saturated carbocycles. The molecule has 0 radical (unpaired) electrons. The summed E-state index contributed by atoms with van der Waals surface area (Å²) in [7, 11) is 0. The van der Waals surface area contributed by atoms with Gasteiger partial charge in [-0.15, -0.1) is 0 Å². The monoisotopic (exact) mass is 998 g/mol. The van der Waals surface area contributed by atoms with Gasteiger partial charge in [0.05, 0.1) is 25.4 Å². The third kappa shape index (κ3) is 57.2. The highest BCUT2D eigenvalue weighted by Crippen LogP contribution is 2.17. The number of amides is 1. The van der Waals surface area contributed by atoms with Gasteiger partial charge in [0.1, 0.15) is 0 Å². The summed E-state index contributed by atoms with van der Waals surface area (Å²) >= 11 is 0. The van der Waals surface area contributed by atoms with Crippen molar-refractivity contribution in [1.29, 1.82) is 0 Å². The Hall–Kier alpha value is -1.92. The minimum atomic E-state index is -0.856. The van der Waals surface area contributed by atoms with Crippen LogP contribution in [0.5, 0.6) is 0 Å². The number of aliphatic hydroxyl groups is 2. The van der Waals surface area contributed by atoms with E-state index < -0.39 is 12.1 Å². The molecular weight excluding hydrogens is 875 g/mol. The van der Waals surface area contributed by atoms with E-state index in [1.165, 1.54) is 231 Å². The van der Waals surface area contributed by atoms with E-state index in [9.17, 15) is 19.8 Å². The zero-order chi connectivity index (χ0) is 51.4. The summed E-state index contributed by atoms with van der Waals surface area (Å²) in [6.07, 6.45) is 76.1. The maximum atomic E-state index is 12.5. The molecule has 0 aromatic rings. The molecule has 0 heterocycles. The van der Waals surface area contributed by atoms with Crippen LogP contribution in [0.1, 0.15) is 341 Å². The summed E-state index contributed by atoms with van der Waals surface area (Å²) in [5.41, 5.74) is 0. The molecule has 0 spiro atoms. The zero-order valence-corrected chi connectivity index (χ0v) is 47.7. The first kappa shape index (κ1) is 69.1. The zero-order valence-electron chi connectivity index (χ0n) is 47.7. The lowest BCUT2D eigenvalue weighted by Gasteiger charge is -2.20. The Morgan fingerprint density at radius 1 is 0.394 bits per heavy atom. The van der Waals surface area contributed by atoms with E-state index in [0.717, 1.165) is 83.5 Å². The van der Waals surface area contributed by atoms with Crippen LogP contribution < -0.4 is 5.32 Å². The Morgan fingerprint density at radius 2 is 0.704 bits per heavy atom. The van der Waals surface area contributed by atoms with Crippen LogP contribution in [0.2, 0.25) is 0 Å². The van der Waals surface area contributed by atoms with Crippen LogP contribution in [0.3, 0.4) is 0 Å². The van der Waals surface area contributed by atoms with Crippen molar-refractivity contribution in [2.75, 3.05) is 13.2 Å². The lowest BCUT2D eigenvalue weighted by Crippen LogP contribution is -2.45. The molecule has 0 aliphatic rings. The van der Waals surface area contributed by atoms with Crippen LogP contribution >= 0.6 is 0 Å². The largest absolute Gasteiger partial charge is 0.466 e. The van der Waals surface area contributed by atoms with Crippen molar-refractivity contribution in [2.24, 2.45) is 0 Å². The fraction of sp³-hybridized carbons (Fsp3) is 0.877. The number of carbonyl (C=O) groups is 2. The number of esters is 1. The molecule has 0 fully saturated rings. The lowest BCUT2D eigenvalue weighted by atomic mass is 10.0. The second kappa shape index (κ2) is 60.6. The first-order chi connectivity index (χ1) is 35.0. The van der Waals surface area contributed by atoms with Gasteiger partial charge in [-0.3, -0.25) is 9.59 Å². The van der Waals surface area contributed by atoms with E-state index in [4.69, 9.17) is 4.74 Å². The molecule has 6 heteroatoms. The second-order valence-corrected chi connectivity index (χ2v) is 21.7. The average molecular weight is 999 g/mol. The van der Waals surface area contributed by atoms with Gasteiger partial charge in [0.25, 0.3) is 0 Å². The number of nitrogens with one attached hydrogen (secondary N) is 1. The Labute approximate surface area is 443 Å². The number of ether oxygens (including phenoxy) is 1. The van der Waals surface area contributed by atoms with Crippen LogP contribution in [0.15, 0.2) is 36.5 Å². The molecule has 6 nitrogen and oxygen atoms in total. The number of carbonyl (C=O) groups excluding carboxylic acids is 2.